The molecular formula is C28H39N3O4S. The first-order valence-corrected chi connectivity index (χ1v) is 13.7. The molecule has 36 heavy (non-hydrogen) atoms. The Kier molecular flexibility index (Phi) is 10.1. The Balaban J connectivity index is 1.75. The summed E-state index contributed by atoms with van der Waals surface area (Å²) in [6.07, 6.45) is 3.54. The molecule has 3 atom stereocenters. The molecule has 1 fully saturated rings. The van der Waals surface area contributed by atoms with Gasteiger partial charge >= 0.3 is 0 Å². The van der Waals surface area contributed by atoms with Crippen LogP contribution >= 0.6 is 0 Å². The first kappa shape index (κ1) is 27.9. The number of benzene rings is 2. The Morgan fingerprint density at radius 1 is 1.08 bits per heavy atom. The summed E-state index contributed by atoms with van der Waals surface area (Å²) in [5.74, 6) is 0.258. The number of methoxy groups -OCH3 is 1. The molecule has 1 heterocycles. The molecule has 0 radical (unpaired) electrons. The maximum atomic E-state index is 13.5. The van der Waals surface area contributed by atoms with Crippen LogP contribution in [0, 0.1) is 5.41 Å². The van der Waals surface area contributed by atoms with Gasteiger partial charge in [0.25, 0.3) is 0 Å². The highest BCUT2D eigenvalue weighted by Gasteiger charge is 2.35. The molecule has 8 heteroatoms. The highest BCUT2D eigenvalue weighted by atomic mass is 32.2. The lowest BCUT2D eigenvalue weighted by atomic mass is 9.92. The van der Waals surface area contributed by atoms with Gasteiger partial charge < -0.3 is 15.4 Å². The van der Waals surface area contributed by atoms with Gasteiger partial charge in [0, 0.05) is 19.5 Å². The molecular weight excluding hydrogens is 474 g/mol. The predicted octanol–water partition coefficient (Wildman–Crippen LogP) is 3.85. The molecule has 1 saturated heterocycles. The second-order valence-electron chi connectivity index (χ2n) is 10.4. The quantitative estimate of drug-likeness (QED) is 0.505. The van der Waals surface area contributed by atoms with Gasteiger partial charge in [-0.1, -0.05) is 57.5 Å². The monoisotopic (exact) mass is 513 g/mol. The molecule has 0 aliphatic carbocycles. The van der Waals surface area contributed by atoms with Crippen molar-refractivity contribution in [1.82, 2.24) is 14.9 Å². The average Bonchev–Trinajstić information content (AvgIpc) is 2.88. The number of rotatable bonds is 10. The number of nitrogens with zero attached hydrogens (tertiary/aromatic N) is 1. The average molecular weight is 514 g/mol. The summed E-state index contributed by atoms with van der Waals surface area (Å²) < 4.78 is 20.3. The maximum Gasteiger partial charge on any atom is 0.242 e. The molecule has 1 aliphatic heterocycles. The smallest absolute Gasteiger partial charge is 0.242 e. The van der Waals surface area contributed by atoms with Crippen molar-refractivity contribution in [3.05, 3.63) is 60.2 Å². The third-order valence-electron chi connectivity index (χ3n) is 6.32. The van der Waals surface area contributed by atoms with Crippen molar-refractivity contribution in [2.24, 2.45) is 5.41 Å². The van der Waals surface area contributed by atoms with Crippen molar-refractivity contribution in [1.29, 1.82) is 0 Å². The fourth-order valence-electron chi connectivity index (χ4n) is 4.20. The van der Waals surface area contributed by atoms with Gasteiger partial charge in [0.1, 0.15) is 28.8 Å². The number of ether oxygens (including phenoxy) is 1. The van der Waals surface area contributed by atoms with Crippen molar-refractivity contribution in [3.63, 3.8) is 0 Å². The van der Waals surface area contributed by atoms with Crippen LogP contribution in [0.5, 0.6) is 5.75 Å². The lowest BCUT2D eigenvalue weighted by molar-refractivity contribution is -0.131. The van der Waals surface area contributed by atoms with E-state index in [0.29, 0.717) is 30.8 Å². The van der Waals surface area contributed by atoms with Gasteiger partial charge in [-0.3, -0.25) is 9.59 Å². The van der Waals surface area contributed by atoms with Crippen LogP contribution in [-0.4, -0.2) is 52.6 Å². The molecule has 2 amide bonds. The number of hydrogen-bond acceptors (Lipinski definition) is 4. The predicted molar refractivity (Wildman–Crippen MR) is 143 cm³/mol. The summed E-state index contributed by atoms with van der Waals surface area (Å²) in [6.45, 7) is 7.48. The van der Waals surface area contributed by atoms with E-state index in [0.717, 1.165) is 30.6 Å². The molecule has 2 unspecified atom stereocenters. The van der Waals surface area contributed by atoms with Crippen molar-refractivity contribution >= 4 is 22.8 Å². The van der Waals surface area contributed by atoms with E-state index in [1.165, 1.54) is 0 Å². The summed E-state index contributed by atoms with van der Waals surface area (Å²) in [7, 11) is 0.163. The minimum atomic E-state index is -1.44. The first-order chi connectivity index (χ1) is 17.2. The second-order valence-corrected chi connectivity index (χ2v) is 11.9. The third-order valence-corrected chi connectivity index (χ3v) is 7.86. The molecule has 196 valence electrons. The Bertz CT molecular complexity index is 1020. The van der Waals surface area contributed by atoms with Gasteiger partial charge in [-0.15, -0.1) is 0 Å². The van der Waals surface area contributed by atoms with Crippen molar-refractivity contribution in [3.8, 4) is 5.75 Å². The maximum absolute atomic E-state index is 13.5. The van der Waals surface area contributed by atoms with Crippen molar-refractivity contribution < 1.29 is 18.5 Å². The van der Waals surface area contributed by atoms with Crippen LogP contribution in [0.15, 0.2) is 59.5 Å². The number of hydrogen-bond donors (Lipinski definition) is 2. The standard InChI is InChI=1S/C28H39N3O4S/c1-28(2,3)17-18-29-26(32)24(20-21-13-15-22(35-4)16-14-21)30-27(33)25-12-8-9-19-31(25)36(34)23-10-6-5-7-11-23/h5-7,10-11,13-16,24-25H,8-9,12,17-20H2,1-4H3,(H,29,32)(H,30,33)/t24-,25?,36?/m0/s1. The van der Waals surface area contributed by atoms with Crippen LogP contribution in [0.4, 0.5) is 0 Å². The van der Waals surface area contributed by atoms with Gasteiger partial charge in [0.05, 0.1) is 12.0 Å². The Morgan fingerprint density at radius 2 is 1.78 bits per heavy atom. The third kappa shape index (κ3) is 8.17. The molecule has 1 aliphatic rings. The summed E-state index contributed by atoms with van der Waals surface area (Å²) >= 11 is 0. The SMILES string of the molecule is COc1ccc(C[C@H](NC(=O)C2CCCCN2S(=O)c2ccccc2)C(=O)NCCC(C)(C)C)cc1. The minimum Gasteiger partial charge on any atom is -0.497 e. The molecule has 3 rings (SSSR count). The van der Waals surface area contributed by atoms with E-state index in [1.54, 1.807) is 11.4 Å². The molecule has 2 aromatic carbocycles. The molecule has 0 aromatic heterocycles. The van der Waals surface area contributed by atoms with E-state index in [9.17, 15) is 13.8 Å². The van der Waals surface area contributed by atoms with Crippen LogP contribution in [0.1, 0.15) is 52.0 Å². The van der Waals surface area contributed by atoms with E-state index in [1.807, 2.05) is 54.6 Å². The topological polar surface area (TPSA) is 87.7 Å². The van der Waals surface area contributed by atoms with Crippen LogP contribution in [-0.2, 0) is 27.0 Å². The highest BCUT2D eigenvalue weighted by molar-refractivity contribution is 7.82. The summed E-state index contributed by atoms with van der Waals surface area (Å²) in [6, 6.07) is 15.4. The van der Waals surface area contributed by atoms with Gasteiger partial charge in [-0.25, -0.2) is 8.51 Å². The molecule has 0 bridgehead atoms. The van der Waals surface area contributed by atoms with E-state index in [4.69, 9.17) is 4.74 Å². The Morgan fingerprint density at radius 3 is 2.42 bits per heavy atom. The first-order valence-electron chi connectivity index (χ1n) is 12.6. The number of nitrogens with one attached hydrogen (secondary N) is 2. The van der Waals surface area contributed by atoms with Crippen LogP contribution in [0.3, 0.4) is 0 Å². The molecule has 0 saturated carbocycles. The van der Waals surface area contributed by atoms with Crippen LogP contribution in [0.25, 0.3) is 0 Å². The minimum absolute atomic E-state index is 0.0894. The van der Waals surface area contributed by atoms with E-state index in [2.05, 4.69) is 31.4 Å². The number of amides is 2. The highest BCUT2D eigenvalue weighted by Crippen LogP contribution is 2.23. The van der Waals surface area contributed by atoms with Gasteiger partial charge in [-0.05, 0) is 54.5 Å². The Hall–Kier alpha value is -2.71. The van der Waals surface area contributed by atoms with E-state index in [-0.39, 0.29) is 17.2 Å². The van der Waals surface area contributed by atoms with Crippen LogP contribution in [0.2, 0.25) is 0 Å². The number of carbonyl (C=O) groups is 2. The van der Waals surface area contributed by atoms with Crippen LogP contribution < -0.4 is 15.4 Å². The summed E-state index contributed by atoms with van der Waals surface area (Å²) in [4.78, 5) is 27.4. The van der Waals surface area contributed by atoms with E-state index < -0.39 is 23.1 Å². The zero-order valence-electron chi connectivity index (χ0n) is 21.8. The zero-order chi connectivity index (χ0) is 26.1. The Labute approximate surface area is 217 Å². The molecule has 0 spiro atoms. The van der Waals surface area contributed by atoms with Crippen molar-refractivity contribution in [2.75, 3.05) is 20.2 Å². The number of carbonyl (C=O) groups excluding carboxylic acids is 2. The fraction of sp³-hybridized carbons (Fsp3) is 0.500. The molecule has 2 aromatic rings. The normalized spacial score (nSPS) is 18.2. The zero-order valence-corrected chi connectivity index (χ0v) is 22.6. The lowest BCUT2D eigenvalue weighted by Crippen LogP contribution is -2.56. The van der Waals surface area contributed by atoms with Gasteiger partial charge in [-0.2, -0.15) is 0 Å². The summed E-state index contributed by atoms with van der Waals surface area (Å²) in [5, 5.41) is 5.99. The lowest BCUT2D eigenvalue weighted by Gasteiger charge is -2.34. The summed E-state index contributed by atoms with van der Waals surface area (Å²) in [5.41, 5.74) is 1.01. The van der Waals surface area contributed by atoms with Crippen molar-refractivity contribution in [2.45, 2.75) is 69.9 Å². The molecule has 2 N–H and O–H groups in total. The fourth-order valence-corrected chi connectivity index (χ4v) is 5.58. The second kappa shape index (κ2) is 13.0. The number of piperidine rings is 1. The van der Waals surface area contributed by atoms with Gasteiger partial charge in [0.15, 0.2) is 0 Å². The van der Waals surface area contributed by atoms with Gasteiger partial charge in [0.2, 0.25) is 11.8 Å². The van der Waals surface area contributed by atoms with E-state index >= 15 is 0 Å². The molecule has 7 nitrogen and oxygen atoms in total. The largest absolute Gasteiger partial charge is 0.497 e.